The molecule has 0 radical (unpaired) electrons. The standard InChI is InChI=1S/C18H22N2OS.C12H18N2O/c1-14-4-9-18(12-16(14)13-21)22-19-17-7-5-15(6-8-17)10-11-20(2)3;1-13-7-9-14(10-8-13)11-5-3-4-6-12(11)15-2/h4-9,12-13,19H,10-11H2,1-3H3;3-6H,7-10H2,1-2H3. The maximum atomic E-state index is 11.0. The quantitative estimate of drug-likeness (QED) is 0.296. The second kappa shape index (κ2) is 14.7. The minimum Gasteiger partial charge on any atom is -0.495 e. The number of anilines is 2. The van der Waals surface area contributed by atoms with Crippen LogP contribution >= 0.6 is 11.9 Å². The molecule has 37 heavy (non-hydrogen) atoms. The van der Waals surface area contributed by atoms with Gasteiger partial charge < -0.3 is 24.2 Å². The second-order valence-electron chi connectivity index (χ2n) is 9.55. The highest BCUT2D eigenvalue weighted by atomic mass is 32.2. The minimum absolute atomic E-state index is 0.742. The number of methoxy groups -OCH3 is 1. The molecule has 1 fully saturated rings. The van der Waals surface area contributed by atoms with Crippen molar-refractivity contribution in [3.8, 4) is 5.75 Å². The van der Waals surface area contributed by atoms with Crippen molar-refractivity contribution < 1.29 is 9.53 Å². The Morgan fingerprint density at radius 3 is 2.35 bits per heavy atom. The summed E-state index contributed by atoms with van der Waals surface area (Å²) in [5.41, 5.74) is 5.36. The molecule has 198 valence electrons. The average Bonchev–Trinajstić information content (AvgIpc) is 2.93. The first-order valence-electron chi connectivity index (χ1n) is 12.7. The lowest BCUT2D eigenvalue weighted by molar-refractivity contribution is 0.112. The molecule has 0 unspecified atom stereocenters. The monoisotopic (exact) mass is 520 g/mol. The molecule has 1 N–H and O–H groups in total. The van der Waals surface area contributed by atoms with Crippen LogP contribution in [0.3, 0.4) is 0 Å². The molecule has 0 bridgehead atoms. The Morgan fingerprint density at radius 2 is 1.70 bits per heavy atom. The molecular formula is C30H40N4O2S. The van der Waals surface area contributed by atoms with Crippen LogP contribution in [0.2, 0.25) is 0 Å². The van der Waals surface area contributed by atoms with E-state index in [4.69, 9.17) is 4.74 Å². The molecule has 4 rings (SSSR count). The van der Waals surface area contributed by atoms with Crippen molar-refractivity contribution in [3.05, 3.63) is 83.4 Å². The van der Waals surface area contributed by atoms with E-state index in [1.54, 1.807) is 7.11 Å². The van der Waals surface area contributed by atoms with Crippen molar-refractivity contribution in [2.24, 2.45) is 0 Å². The number of aldehydes is 1. The van der Waals surface area contributed by atoms with Gasteiger partial charge in [0, 0.05) is 48.9 Å². The van der Waals surface area contributed by atoms with E-state index in [9.17, 15) is 4.79 Å². The van der Waals surface area contributed by atoms with Crippen molar-refractivity contribution >= 4 is 29.6 Å². The van der Waals surface area contributed by atoms with Crippen molar-refractivity contribution in [2.75, 3.05) is 70.6 Å². The zero-order valence-electron chi connectivity index (χ0n) is 22.7. The van der Waals surface area contributed by atoms with E-state index in [-0.39, 0.29) is 0 Å². The van der Waals surface area contributed by atoms with E-state index in [0.29, 0.717) is 0 Å². The fourth-order valence-electron chi connectivity index (χ4n) is 3.96. The molecule has 3 aromatic carbocycles. The number of nitrogens with one attached hydrogen (secondary N) is 1. The fourth-order valence-corrected chi connectivity index (χ4v) is 4.65. The third kappa shape index (κ3) is 9.11. The summed E-state index contributed by atoms with van der Waals surface area (Å²) in [6.45, 7) is 7.40. The SMILES string of the molecule is COc1ccccc1N1CCN(C)CC1.Cc1ccc(SNc2ccc(CCN(C)C)cc2)cc1C=O. The summed E-state index contributed by atoms with van der Waals surface area (Å²) in [4.78, 5) is 18.9. The van der Waals surface area contributed by atoms with Gasteiger partial charge in [0.25, 0.3) is 0 Å². The maximum absolute atomic E-state index is 11.0. The lowest BCUT2D eigenvalue weighted by Gasteiger charge is -2.34. The summed E-state index contributed by atoms with van der Waals surface area (Å²) >= 11 is 1.52. The van der Waals surface area contributed by atoms with Gasteiger partial charge in [-0.15, -0.1) is 0 Å². The van der Waals surface area contributed by atoms with Crippen molar-refractivity contribution in [2.45, 2.75) is 18.2 Å². The van der Waals surface area contributed by atoms with Gasteiger partial charge in [-0.25, -0.2) is 0 Å². The Morgan fingerprint density at radius 1 is 1.00 bits per heavy atom. The van der Waals surface area contributed by atoms with Gasteiger partial charge in [0.2, 0.25) is 0 Å². The van der Waals surface area contributed by atoms with Gasteiger partial charge in [-0.05, 0) is 94.0 Å². The Hall–Kier alpha value is -3.00. The summed E-state index contributed by atoms with van der Waals surface area (Å²) in [5.74, 6) is 0.974. The van der Waals surface area contributed by atoms with Crippen molar-refractivity contribution in [3.63, 3.8) is 0 Å². The van der Waals surface area contributed by atoms with Crippen LogP contribution < -0.4 is 14.4 Å². The summed E-state index contributed by atoms with van der Waals surface area (Å²) in [6, 6.07) is 22.6. The molecule has 1 aliphatic heterocycles. The molecule has 6 nitrogen and oxygen atoms in total. The zero-order chi connectivity index (χ0) is 26.6. The Balaban J connectivity index is 0.000000220. The first-order valence-corrected chi connectivity index (χ1v) is 13.5. The van der Waals surface area contributed by atoms with E-state index in [2.05, 4.69) is 77.0 Å². The van der Waals surface area contributed by atoms with E-state index in [1.807, 2.05) is 37.3 Å². The largest absolute Gasteiger partial charge is 0.495 e. The van der Waals surface area contributed by atoms with Crippen LogP contribution in [0.4, 0.5) is 11.4 Å². The first kappa shape index (κ1) is 28.6. The molecule has 0 aliphatic carbocycles. The molecule has 0 spiro atoms. The number of piperazine rings is 1. The molecule has 7 heteroatoms. The van der Waals surface area contributed by atoms with Gasteiger partial charge in [-0.2, -0.15) is 0 Å². The number of nitrogens with zero attached hydrogens (tertiary/aromatic N) is 3. The van der Waals surface area contributed by atoms with Crippen LogP contribution in [0.5, 0.6) is 5.75 Å². The topological polar surface area (TPSA) is 48.1 Å². The van der Waals surface area contributed by atoms with Crippen molar-refractivity contribution in [1.29, 1.82) is 0 Å². The van der Waals surface area contributed by atoms with E-state index in [0.717, 1.165) is 72.9 Å². The van der Waals surface area contributed by atoms with Crippen LogP contribution in [0, 0.1) is 6.92 Å². The predicted octanol–water partition coefficient (Wildman–Crippen LogP) is 5.48. The van der Waals surface area contributed by atoms with Gasteiger partial charge in [0.15, 0.2) is 0 Å². The summed E-state index contributed by atoms with van der Waals surface area (Å²) in [6.07, 6.45) is 1.96. The number of carbonyl (C=O) groups excluding carboxylic acids is 1. The van der Waals surface area contributed by atoms with Gasteiger partial charge in [0.05, 0.1) is 12.8 Å². The molecule has 3 aromatic rings. The zero-order valence-corrected chi connectivity index (χ0v) is 23.6. The van der Waals surface area contributed by atoms with E-state index < -0.39 is 0 Å². The molecule has 0 atom stereocenters. The highest BCUT2D eigenvalue weighted by Gasteiger charge is 2.16. The number of aryl methyl sites for hydroxylation is 1. The Bertz CT molecular complexity index is 1110. The molecule has 0 saturated carbocycles. The Labute approximate surface area is 226 Å². The number of hydrogen-bond donors (Lipinski definition) is 1. The molecular weight excluding hydrogens is 480 g/mol. The van der Waals surface area contributed by atoms with E-state index >= 15 is 0 Å². The van der Waals surface area contributed by atoms with Gasteiger partial charge in [-0.3, -0.25) is 4.79 Å². The van der Waals surface area contributed by atoms with Crippen LogP contribution in [0.1, 0.15) is 21.5 Å². The maximum Gasteiger partial charge on any atom is 0.150 e. The van der Waals surface area contributed by atoms with Gasteiger partial charge in [-0.1, -0.05) is 30.3 Å². The summed E-state index contributed by atoms with van der Waals surface area (Å²) in [7, 11) is 8.07. The van der Waals surface area contributed by atoms with Crippen LogP contribution in [-0.4, -0.2) is 77.1 Å². The minimum atomic E-state index is 0.742. The lowest BCUT2D eigenvalue weighted by Crippen LogP contribution is -2.44. The van der Waals surface area contributed by atoms with Crippen LogP contribution in [-0.2, 0) is 6.42 Å². The highest BCUT2D eigenvalue weighted by molar-refractivity contribution is 8.00. The van der Waals surface area contributed by atoms with E-state index in [1.165, 1.54) is 23.2 Å². The lowest BCUT2D eigenvalue weighted by atomic mass is 10.1. The third-order valence-electron chi connectivity index (χ3n) is 6.40. The number of rotatable bonds is 9. The number of benzene rings is 3. The average molecular weight is 521 g/mol. The molecule has 1 aliphatic rings. The Kier molecular flexibility index (Phi) is 11.3. The molecule has 1 saturated heterocycles. The second-order valence-corrected chi connectivity index (χ2v) is 10.4. The fraction of sp³-hybridized carbons (Fsp3) is 0.367. The smallest absolute Gasteiger partial charge is 0.150 e. The number of likely N-dealkylation sites (N-methyl/N-ethyl adjacent to an activating group) is 2. The number of para-hydroxylation sites is 2. The van der Waals surface area contributed by atoms with Gasteiger partial charge >= 0.3 is 0 Å². The third-order valence-corrected chi connectivity index (χ3v) is 7.22. The van der Waals surface area contributed by atoms with Crippen LogP contribution in [0.15, 0.2) is 71.6 Å². The van der Waals surface area contributed by atoms with Crippen molar-refractivity contribution in [1.82, 2.24) is 9.80 Å². The highest BCUT2D eigenvalue weighted by Crippen LogP contribution is 2.28. The predicted molar refractivity (Wildman–Crippen MR) is 157 cm³/mol. The van der Waals surface area contributed by atoms with Gasteiger partial charge in [0.1, 0.15) is 12.0 Å². The molecule has 0 aromatic heterocycles. The number of hydrogen-bond acceptors (Lipinski definition) is 7. The summed E-state index contributed by atoms with van der Waals surface area (Å²) in [5, 5.41) is 0. The first-order chi connectivity index (χ1) is 17.9. The summed E-state index contributed by atoms with van der Waals surface area (Å²) < 4.78 is 8.68. The molecule has 1 heterocycles. The normalized spacial score (nSPS) is 13.6. The number of carbonyl (C=O) groups is 1. The van der Waals surface area contributed by atoms with Crippen LogP contribution in [0.25, 0.3) is 0 Å². The number of ether oxygens (including phenoxy) is 1. The molecule has 0 amide bonds.